The third-order valence-corrected chi connectivity index (χ3v) is 9.40. The fourth-order valence-corrected chi connectivity index (χ4v) is 6.59. The van der Waals surface area contributed by atoms with Gasteiger partial charge < -0.3 is 10.2 Å². The zero-order valence-corrected chi connectivity index (χ0v) is 27.6. The molecule has 5 rings (SSSR count). The second-order valence-corrected chi connectivity index (χ2v) is 14.2. The summed E-state index contributed by atoms with van der Waals surface area (Å²) in [4.78, 5) is 24.7. The Hall–Kier alpha value is -5.32. The molecular weight excluding hydrogens is 705 g/mol. The number of azo groups is 1. The average Bonchev–Trinajstić information content (AvgIpc) is 3.02. The van der Waals surface area contributed by atoms with Gasteiger partial charge in [0.05, 0.1) is 10.6 Å². The van der Waals surface area contributed by atoms with Crippen LogP contribution in [0.25, 0.3) is 10.8 Å². The summed E-state index contributed by atoms with van der Waals surface area (Å²) in [6, 6.07) is 16.2. The molecule has 49 heavy (non-hydrogen) atoms. The largest absolute Gasteiger partial charge is 0.323 e. The van der Waals surface area contributed by atoms with Gasteiger partial charge in [0.1, 0.15) is 32.7 Å². The molecule has 1 heterocycles. The lowest BCUT2D eigenvalue weighted by atomic mass is 10.1. The summed E-state index contributed by atoms with van der Waals surface area (Å²) in [6.07, 6.45) is 0. The third-order valence-electron chi connectivity index (χ3n) is 6.80. The molecule has 4 N–H and O–H groups in total. The van der Waals surface area contributed by atoms with Crippen LogP contribution < -0.4 is 10.2 Å². The number of nitrogens with zero attached hydrogens (tertiary/aromatic N) is 7. The summed E-state index contributed by atoms with van der Waals surface area (Å²) in [7, 11) is -15.1. The lowest BCUT2D eigenvalue weighted by Crippen LogP contribution is -2.20. The van der Waals surface area contributed by atoms with Crippen LogP contribution in [0, 0.1) is 11.8 Å². The number of rotatable bonds is 11. The lowest BCUT2D eigenvalue weighted by molar-refractivity contribution is 0.480. The summed E-state index contributed by atoms with van der Waals surface area (Å²) < 4.78 is 103. The Bertz CT molecular complexity index is 2480. The van der Waals surface area contributed by atoms with Crippen molar-refractivity contribution in [3.05, 3.63) is 83.5 Å². The van der Waals surface area contributed by atoms with Crippen LogP contribution in [0.2, 0.25) is 0 Å². The van der Waals surface area contributed by atoms with Crippen molar-refractivity contribution < 1.29 is 38.9 Å². The summed E-state index contributed by atoms with van der Waals surface area (Å²) in [6.45, 7) is 3.82. The van der Waals surface area contributed by atoms with Crippen LogP contribution in [0.15, 0.2) is 103 Å². The van der Waals surface area contributed by atoms with Crippen LogP contribution in [0.5, 0.6) is 0 Å². The first-order chi connectivity index (χ1) is 23.0. The fourth-order valence-electron chi connectivity index (χ4n) is 4.76. The SMILES string of the molecule is CCN(c1ccccc1)c1nc(C)nc(Nc2cc(S(=O)(=O)O)cc3cc(S(=O)(=O)O)c(N=Nc4ccccc4S(=O)(=O)O)c(N=O)c23)n1. The second kappa shape index (κ2) is 13.3. The smallest absolute Gasteiger partial charge is 0.296 e. The van der Waals surface area contributed by atoms with Crippen LogP contribution in [-0.2, 0) is 30.4 Å². The van der Waals surface area contributed by atoms with E-state index in [1.807, 2.05) is 37.3 Å². The Balaban J connectivity index is 1.79. The van der Waals surface area contributed by atoms with Crippen LogP contribution in [0.1, 0.15) is 12.7 Å². The Morgan fingerprint density at radius 2 is 1.41 bits per heavy atom. The highest BCUT2D eigenvalue weighted by Gasteiger charge is 2.27. The van der Waals surface area contributed by atoms with Gasteiger partial charge in [0.25, 0.3) is 30.4 Å². The van der Waals surface area contributed by atoms with E-state index in [0.29, 0.717) is 6.54 Å². The number of hydrogen-bond donors (Lipinski definition) is 4. The molecule has 0 radical (unpaired) electrons. The van der Waals surface area contributed by atoms with Crippen LogP contribution >= 0.6 is 0 Å². The highest BCUT2D eigenvalue weighted by Crippen LogP contribution is 2.46. The lowest BCUT2D eigenvalue weighted by Gasteiger charge is -2.21. The Morgan fingerprint density at radius 1 is 0.755 bits per heavy atom. The number of anilines is 4. The second-order valence-electron chi connectivity index (χ2n) is 10.0. The van der Waals surface area contributed by atoms with E-state index in [-0.39, 0.29) is 34.2 Å². The van der Waals surface area contributed by atoms with E-state index in [1.54, 1.807) is 11.8 Å². The van der Waals surface area contributed by atoms with Crippen LogP contribution in [0.3, 0.4) is 0 Å². The highest BCUT2D eigenvalue weighted by molar-refractivity contribution is 7.86. The average molecular weight is 729 g/mol. The molecule has 254 valence electrons. The standard InChI is InChI=1S/C28H24N8O10S3/c1-3-36(18-9-5-4-6-10-18)28-30-16(2)29-27(32-28)31-21-15-19(47(38,39)40)13-17-14-23(49(44,45)46)25(26(35-37)24(17)21)34-33-20-11-7-8-12-22(20)48(41,42)43/h4-15H,3H2,1-2H3,(H,38,39,40)(H,41,42,43)(H,44,45,46)(H,29,30,31,32). The number of hydrogen-bond acceptors (Lipinski definition) is 15. The molecule has 0 fully saturated rings. The van der Waals surface area contributed by atoms with E-state index in [2.05, 4.69) is 35.7 Å². The molecule has 0 saturated carbocycles. The van der Waals surface area contributed by atoms with Gasteiger partial charge in [-0.3, -0.25) is 13.7 Å². The Kier molecular flexibility index (Phi) is 9.50. The topological polar surface area (TPSA) is 271 Å². The van der Waals surface area contributed by atoms with Gasteiger partial charge in [0.15, 0.2) is 0 Å². The van der Waals surface area contributed by atoms with E-state index in [9.17, 15) is 43.8 Å². The van der Waals surface area contributed by atoms with Gasteiger partial charge in [-0.15, -0.1) is 15.1 Å². The maximum atomic E-state index is 12.5. The number of nitrogens with one attached hydrogen (secondary N) is 1. The molecular formula is C28H24N8O10S3. The van der Waals surface area contributed by atoms with Gasteiger partial charge in [-0.1, -0.05) is 30.3 Å². The predicted octanol–water partition coefficient (Wildman–Crippen LogP) is 5.79. The molecule has 5 aromatic rings. The van der Waals surface area contributed by atoms with Gasteiger partial charge in [-0.25, -0.2) is 0 Å². The van der Waals surface area contributed by atoms with E-state index in [4.69, 9.17) is 0 Å². The molecule has 0 saturated heterocycles. The van der Waals surface area contributed by atoms with Crippen LogP contribution in [0.4, 0.5) is 40.3 Å². The fraction of sp³-hybridized carbons (Fsp3) is 0.107. The van der Waals surface area contributed by atoms with E-state index < -0.39 is 62.1 Å². The first-order valence-electron chi connectivity index (χ1n) is 13.7. The number of aryl methyl sites for hydroxylation is 1. The molecule has 18 nitrogen and oxygen atoms in total. The summed E-state index contributed by atoms with van der Waals surface area (Å²) in [5, 5.41) is 12.5. The highest BCUT2D eigenvalue weighted by atomic mass is 32.2. The Morgan fingerprint density at radius 3 is 2.02 bits per heavy atom. The molecule has 21 heteroatoms. The van der Waals surface area contributed by atoms with Crippen molar-refractivity contribution in [2.24, 2.45) is 15.4 Å². The zero-order chi connectivity index (χ0) is 35.7. The van der Waals surface area contributed by atoms with Crippen molar-refractivity contribution in [2.45, 2.75) is 28.5 Å². The maximum Gasteiger partial charge on any atom is 0.296 e. The number of nitroso groups, excluding NO2 is 1. The first kappa shape index (κ1) is 35.0. The van der Waals surface area contributed by atoms with E-state index >= 15 is 0 Å². The van der Waals surface area contributed by atoms with Crippen molar-refractivity contribution in [1.29, 1.82) is 0 Å². The van der Waals surface area contributed by atoms with Gasteiger partial charge >= 0.3 is 0 Å². The molecule has 0 unspecified atom stereocenters. The molecule has 0 amide bonds. The number of fused-ring (bicyclic) bond motifs is 1. The van der Waals surface area contributed by atoms with Crippen molar-refractivity contribution in [1.82, 2.24) is 15.0 Å². The molecule has 0 spiro atoms. The van der Waals surface area contributed by atoms with Crippen molar-refractivity contribution in [3.8, 4) is 0 Å². The van der Waals surface area contributed by atoms with Gasteiger partial charge in [-0.05, 0) is 66.9 Å². The monoisotopic (exact) mass is 728 g/mol. The molecule has 0 aliphatic heterocycles. The van der Waals surface area contributed by atoms with Crippen molar-refractivity contribution in [2.75, 3.05) is 16.8 Å². The number of aromatic nitrogens is 3. The summed E-state index contributed by atoms with van der Waals surface area (Å²) in [5.41, 5.74) is -1.73. The summed E-state index contributed by atoms with van der Waals surface area (Å²) in [5.74, 6) is 0.214. The minimum absolute atomic E-state index is 0.174. The molecule has 4 aromatic carbocycles. The Labute approximate surface area is 278 Å². The molecule has 0 aliphatic carbocycles. The minimum atomic E-state index is -5.26. The third kappa shape index (κ3) is 7.56. The number of para-hydroxylation sites is 1. The van der Waals surface area contributed by atoms with Gasteiger partial charge in [0.2, 0.25) is 11.9 Å². The molecule has 0 aliphatic rings. The molecule has 0 bridgehead atoms. The van der Waals surface area contributed by atoms with Crippen molar-refractivity contribution in [3.63, 3.8) is 0 Å². The predicted molar refractivity (Wildman–Crippen MR) is 176 cm³/mol. The maximum absolute atomic E-state index is 12.5. The van der Waals surface area contributed by atoms with Crippen LogP contribution in [-0.4, -0.2) is 60.4 Å². The molecule has 1 aromatic heterocycles. The minimum Gasteiger partial charge on any atom is -0.323 e. The van der Waals surface area contributed by atoms with E-state index in [1.165, 1.54) is 12.1 Å². The normalized spacial score (nSPS) is 12.3. The zero-order valence-electron chi connectivity index (χ0n) is 25.2. The summed E-state index contributed by atoms with van der Waals surface area (Å²) >= 11 is 0. The van der Waals surface area contributed by atoms with Crippen molar-refractivity contribution >= 4 is 81.5 Å². The van der Waals surface area contributed by atoms with E-state index in [0.717, 1.165) is 36.0 Å². The molecule has 0 atom stereocenters. The first-order valence-corrected chi connectivity index (χ1v) is 18.1. The van der Waals surface area contributed by atoms with Gasteiger partial charge in [-0.2, -0.15) is 40.2 Å². The number of benzene rings is 4. The van der Waals surface area contributed by atoms with Gasteiger partial charge in [0, 0.05) is 17.6 Å². The quantitative estimate of drug-likeness (QED) is 0.0712.